The number of phenols is 1. The quantitative estimate of drug-likeness (QED) is 0.729. The zero-order valence-corrected chi connectivity index (χ0v) is 13.8. The molecule has 0 atom stereocenters. The first-order valence-corrected chi connectivity index (χ1v) is 7.12. The molecular weight excluding hydrogens is 348 g/mol. The second-order valence-corrected chi connectivity index (χ2v) is 5.26. The van der Waals surface area contributed by atoms with Gasteiger partial charge in [0.15, 0.2) is 0 Å². The lowest BCUT2D eigenvalue weighted by atomic mass is 10.1. The number of benzene rings is 2. The van der Waals surface area contributed by atoms with E-state index in [9.17, 15) is 4.79 Å². The molecule has 2 rings (SSSR count). The molecule has 0 aliphatic heterocycles. The largest absolute Gasteiger partial charge is 0.507 e. The Kier molecular flexibility index (Phi) is 6.59. The average Bonchev–Trinajstić information content (AvgIpc) is 2.50. The van der Waals surface area contributed by atoms with Gasteiger partial charge in [-0.3, -0.25) is 4.79 Å². The van der Waals surface area contributed by atoms with Crippen LogP contribution in [0.5, 0.6) is 11.5 Å². The fourth-order valence-electron chi connectivity index (χ4n) is 1.74. The van der Waals surface area contributed by atoms with Crippen LogP contribution >= 0.6 is 15.9 Å². The van der Waals surface area contributed by atoms with E-state index in [0.29, 0.717) is 16.9 Å². The molecule has 0 aliphatic carbocycles. The Bertz CT molecular complexity index is 687. The molecule has 1 amide bonds. The highest BCUT2D eigenvalue weighted by atomic mass is 79.9. The Morgan fingerprint density at radius 3 is 2.55 bits per heavy atom. The smallest absolute Gasteiger partial charge is 0.249 e. The van der Waals surface area contributed by atoms with E-state index in [2.05, 4.69) is 15.9 Å². The van der Waals surface area contributed by atoms with Gasteiger partial charge in [-0.15, -0.1) is 0 Å². The first kappa shape index (κ1) is 17.7. The van der Waals surface area contributed by atoms with Crippen molar-refractivity contribution in [1.29, 1.82) is 5.41 Å². The molecule has 0 saturated carbocycles. The molecule has 0 spiro atoms. The molecule has 4 N–H and O–H groups in total. The zero-order valence-electron chi connectivity index (χ0n) is 12.3. The van der Waals surface area contributed by atoms with E-state index < -0.39 is 5.91 Å². The van der Waals surface area contributed by atoms with Gasteiger partial charge in [-0.2, -0.15) is 0 Å². The van der Waals surface area contributed by atoms with Crippen molar-refractivity contribution in [2.24, 2.45) is 5.73 Å². The number of methoxy groups -OCH3 is 1. The molecule has 0 aliphatic rings. The molecule has 116 valence electrons. The van der Waals surface area contributed by atoms with Gasteiger partial charge in [0.1, 0.15) is 11.5 Å². The molecular formula is C16H17BrN2O3. The fraction of sp³-hybridized carbons (Fsp3) is 0.125. The highest BCUT2D eigenvalue weighted by Crippen LogP contribution is 2.20. The highest BCUT2D eigenvalue weighted by molar-refractivity contribution is 9.10. The minimum atomic E-state index is -0.425. The molecule has 0 unspecified atom stereocenters. The van der Waals surface area contributed by atoms with Crippen molar-refractivity contribution >= 4 is 28.1 Å². The minimum absolute atomic E-state index is 0.137. The van der Waals surface area contributed by atoms with Crippen molar-refractivity contribution in [2.75, 3.05) is 7.11 Å². The number of hydrogen-bond donors (Lipinski definition) is 3. The summed E-state index contributed by atoms with van der Waals surface area (Å²) in [5.74, 6) is 0.399. The van der Waals surface area contributed by atoms with E-state index >= 15 is 0 Å². The number of aromatic hydroxyl groups is 1. The summed E-state index contributed by atoms with van der Waals surface area (Å²) in [5, 5.41) is 15.9. The van der Waals surface area contributed by atoms with Crippen LogP contribution < -0.4 is 10.5 Å². The van der Waals surface area contributed by atoms with Gasteiger partial charge in [-0.1, -0.05) is 22.0 Å². The Hall–Kier alpha value is -2.34. The van der Waals surface area contributed by atoms with Crippen molar-refractivity contribution in [1.82, 2.24) is 0 Å². The van der Waals surface area contributed by atoms with Crippen LogP contribution in [0.25, 0.3) is 0 Å². The maximum absolute atomic E-state index is 10.9. The van der Waals surface area contributed by atoms with Crippen LogP contribution in [0, 0.1) is 12.3 Å². The van der Waals surface area contributed by atoms with Crippen LogP contribution in [0.4, 0.5) is 0 Å². The lowest BCUT2D eigenvalue weighted by molar-refractivity contribution is 0.0999. The van der Waals surface area contributed by atoms with Crippen molar-refractivity contribution in [3.8, 4) is 11.5 Å². The second-order valence-electron chi connectivity index (χ2n) is 4.34. The molecule has 0 heterocycles. The Balaban J connectivity index is 0.000000224. The summed E-state index contributed by atoms with van der Waals surface area (Å²) < 4.78 is 5.89. The standard InChI is InChI=1S/C9H11NO2.C7H6BrNO/c1-6-7(9(10)11)4-3-5-8(6)12-2;8-6-1-2-7(10)5(3-6)4-9/h3-5H,1-2H3,(H2,10,11);1-4,9-10H. The van der Waals surface area contributed by atoms with E-state index in [1.54, 1.807) is 50.4 Å². The van der Waals surface area contributed by atoms with Crippen LogP contribution in [-0.2, 0) is 0 Å². The molecule has 0 bridgehead atoms. The van der Waals surface area contributed by atoms with Gasteiger partial charge in [-0.05, 0) is 37.3 Å². The maximum atomic E-state index is 10.9. The third kappa shape index (κ3) is 4.60. The van der Waals surface area contributed by atoms with Crippen LogP contribution in [0.3, 0.4) is 0 Å². The second kappa shape index (κ2) is 8.19. The van der Waals surface area contributed by atoms with Gasteiger partial charge in [0.05, 0.1) is 7.11 Å². The van der Waals surface area contributed by atoms with Gasteiger partial charge in [-0.25, -0.2) is 0 Å². The monoisotopic (exact) mass is 364 g/mol. The SMILES string of the molecule is COc1cccc(C(N)=O)c1C.N=Cc1cc(Br)ccc1O. The van der Waals surface area contributed by atoms with E-state index in [1.807, 2.05) is 0 Å². The highest BCUT2D eigenvalue weighted by Gasteiger charge is 2.07. The first-order chi connectivity index (χ1) is 10.4. The summed E-state index contributed by atoms with van der Waals surface area (Å²) >= 11 is 3.22. The third-order valence-electron chi connectivity index (χ3n) is 2.91. The summed E-state index contributed by atoms with van der Waals surface area (Å²) in [5.41, 5.74) is 6.96. The summed E-state index contributed by atoms with van der Waals surface area (Å²) in [6.45, 7) is 1.80. The topological polar surface area (TPSA) is 96.4 Å². The van der Waals surface area contributed by atoms with Crippen molar-refractivity contribution in [3.05, 3.63) is 57.6 Å². The van der Waals surface area contributed by atoms with Crippen molar-refractivity contribution in [3.63, 3.8) is 0 Å². The van der Waals surface area contributed by atoms with Crippen molar-refractivity contribution < 1.29 is 14.6 Å². The minimum Gasteiger partial charge on any atom is -0.507 e. The molecule has 0 aromatic heterocycles. The number of ether oxygens (including phenoxy) is 1. The number of rotatable bonds is 3. The number of nitrogens with two attached hydrogens (primary N) is 1. The van der Waals surface area contributed by atoms with E-state index in [-0.39, 0.29) is 5.75 Å². The van der Waals surface area contributed by atoms with Crippen molar-refractivity contribution in [2.45, 2.75) is 6.92 Å². The number of carbonyl (C=O) groups excluding carboxylic acids is 1. The third-order valence-corrected chi connectivity index (χ3v) is 3.41. The number of carbonyl (C=O) groups is 1. The van der Waals surface area contributed by atoms with Gasteiger partial charge in [0.25, 0.3) is 0 Å². The van der Waals surface area contributed by atoms with Crippen LogP contribution in [0.2, 0.25) is 0 Å². The molecule has 0 saturated heterocycles. The summed E-state index contributed by atoms with van der Waals surface area (Å²) in [7, 11) is 1.56. The first-order valence-electron chi connectivity index (χ1n) is 6.33. The van der Waals surface area contributed by atoms with Crippen LogP contribution in [0.15, 0.2) is 40.9 Å². The van der Waals surface area contributed by atoms with E-state index in [1.165, 1.54) is 0 Å². The van der Waals surface area contributed by atoms with E-state index in [0.717, 1.165) is 16.3 Å². The van der Waals surface area contributed by atoms with Gasteiger partial charge in [0, 0.05) is 27.4 Å². The lowest BCUT2D eigenvalue weighted by Crippen LogP contribution is -2.12. The maximum Gasteiger partial charge on any atom is 0.249 e. The molecule has 0 radical (unpaired) electrons. The summed E-state index contributed by atoms with van der Waals surface area (Å²) in [6, 6.07) is 10.2. The molecule has 6 heteroatoms. The Morgan fingerprint density at radius 1 is 1.36 bits per heavy atom. The Morgan fingerprint density at radius 2 is 2.05 bits per heavy atom. The van der Waals surface area contributed by atoms with Crippen LogP contribution in [0.1, 0.15) is 21.5 Å². The Labute approximate surface area is 137 Å². The number of nitrogens with one attached hydrogen (secondary N) is 1. The molecule has 5 nitrogen and oxygen atoms in total. The number of halogens is 1. The molecule has 22 heavy (non-hydrogen) atoms. The fourth-order valence-corrected chi connectivity index (χ4v) is 2.12. The van der Waals surface area contributed by atoms with Gasteiger partial charge in [0.2, 0.25) is 5.91 Å². The predicted octanol–water partition coefficient (Wildman–Crippen LogP) is 3.25. The predicted molar refractivity (Wildman–Crippen MR) is 89.9 cm³/mol. The average molecular weight is 365 g/mol. The molecule has 2 aromatic rings. The number of primary amides is 1. The van der Waals surface area contributed by atoms with E-state index in [4.69, 9.17) is 21.0 Å². The molecule has 2 aromatic carbocycles. The van der Waals surface area contributed by atoms with Gasteiger partial charge >= 0.3 is 0 Å². The van der Waals surface area contributed by atoms with Crippen LogP contribution in [-0.4, -0.2) is 24.3 Å². The lowest BCUT2D eigenvalue weighted by Gasteiger charge is -2.06. The summed E-state index contributed by atoms with van der Waals surface area (Å²) in [4.78, 5) is 10.9. The number of phenolic OH excluding ortho intramolecular Hbond substituents is 1. The zero-order chi connectivity index (χ0) is 16.7. The van der Waals surface area contributed by atoms with Gasteiger partial charge < -0.3 is 21.0 Å². The number of hydrogen-bond acceptors (Lipinski definition) is 4. The molecule has 0 fully saturated rings. The normalized spacial score (nSPS) is 9.41. The number of amides is 1. The summed E-state index contributed by atoms with van der Waals surface area (Å²) in [6.07, 6.45) is 1.11.